The second kappa shape index (κ2) is 11.1. The summed E-state index contributed by atoms with van der Waals surface area (Å²) < 4.78 is 38.8. The van der Waals surface area contributed by atoms with Crippen LogP contribution in [0, 0.1) is 0 Å². The van der Waals surface area contributed by atoms with E-state index in [0.717, 1.165) is 24.0 Å². The summed E-state index contributed by atoms with van der Waals surface area (Å²) in [5.74, 6) is 0.430. The van der Waals surface area contributed by atoms with Crippen molar-refractivity contribution in [2.75, 3.05) is 13.7 Å². The molecule has 0 fully saturated rings. The van der Waals surface area contributed by atoms with Crippen molar-refractivity contribution in [3.8, 4) is 11.5 Å². The molecule has 0 saturated carbocycles. The van der Waals surface area contributed by atoms with Crippen molar-refractivity contribution in [1.82, 2.24) is 14.9 Å². The van der Waals surface area contributed by atoms with E-state index >= 15 is 0 Å². The quantitative estimate of drug-likeness (QED) is 0.323. The minimum Gasteiger partial charge on any atom is -0.504 e. The van der Waals surface area contributed by atoms with Gasteiger partial charge in [-0.15, -0.1) is 0 Å². The first-order valence-electron chi connectivity index (χ1n) is 9.46. The average molecular weight is 454 g/mol. The van der Waals surface area contributed by atoms with Crippen molar-refractivity contribution in [1.29, 1.82) is 0 Å². The average Bonchev–Trinajstić information content (AvgIpc) is 3.12. The maximum atomic E-state index is 10.4. The van der Waals surface area contributed by atoms with Crippen molar-refractivity contribution in [2.24, 2.45) is 0 Å². The van der Waals surface area contributed by atoms with Crippen LogP contribution in [0.2, 0.25) is 0 Å². The predicted molar refractivity (Wildman–Crippen MR) is 116 cm³/mol. The van der Waals surface area contributed by atoms with Gasteiger partial charge < -0.3 is 24.8 Å². The van der Waals surface area contributed by atoms with E-state index in [-0.39, 0.29) is 11.8 Å². The lowest BCUT2D eigenvalue weighted by Gasteiger charge is -2.18. The molecule has 11 heteroatoms. The number of ether oxygens (including phenoxy) is 1. The van der Waals surface area contributed by atoms with Gasteiger partial charge in [0.2, 0.25) is 0 Å². The van der Waals surface area contributed by atoms with E-state index in [1.54, 1.807) is 12.1 Å². The number of hydrogen-bond acceptors (Lipinski definition) is 7. The van der Waals surface area contributed by atoms with E-state index in [9.17, 15) is 10.2 Å². The smallest absolute Gasteiger partial charge is 0.394 e. The van der Waals surface area contributed by atoms with Crippen molar-refractivity contribution in [3.63, 3.8) is 0 Å². The molecular formula is C20H27N3O7S. The second-order valence-corrected chi connectivity index (χ2v) is 7.82. The number of methoxy groups -OCH3 is 1. The third-order valence-corrected chi connectivity index (χ3v) is 4.58. The molecule has 5 N–H and O–H groups in total. The van der Waals surface area contributed by atoms with Crippen LogP contribution in [0.15, 0.2) is 48.8 Å². The van der Waals surface area contributed by atoms with Gasteiger partial charge in [0.15, 0.2) is 11.5 Å². The van der Waals surface area contributed by atoms with Crippen molar-refractivity contribution in [2.45, 2.75) is 32.0 Å². The molecule has 10 nitrogen and oxygen atoms in total. The van der Waals surface area contributed by atoms with E-state index in [4.69, 9.17) is 22.3 Å². The monoisotopic (exact) mass is 453 g/mol. The van der Waals surface area contributed by atoms with Crippen molar-refractivity contribution in [3.05, 3.63) is 54.4 Å². The highest BCUT2D eigenvalue weighted by atomic mass is 32.3. The third kappa shape index (κ3) is 8.15. The zero-order valence-electron chi connectivity index (χ0n) is 17.2. The highest BCUT2D eigenvalue weighted by molar-refractivity contribution is 7.79. The summed E-state index contributed by atoms with van der Waals surface area (Å²) in [4.78, 5) is 4.40. The first-order chi connectivity index (χ1) is 14.6. The summed E-state index contributed by atoms with van der Waals surface area (Å²) in [6.45, 7) is 3.39. The van der Waals surface area contributed by atoms with Crippen LogP contribution in [0.5, 0.6) is 11.5 Å². The number of fused-ring (bicyclic) bond motifs is 1. The minimum atomic E-state index is -4.67. The number of hydrogen-bond donors (Lipinski definition) is 5. The number of aryl methyl sites for hydroxylation is 1. The highest BCUT2D eigenvalue weighted by Crippen LogP contribution is 2.28. The first-order valence-corrected chi connectivity index (χ1v) is 10.9. The topological polar surface area (TPSA) is 154 Å². The number of nitrogens with zero attached hydrogens (tertiary/aromatic N) is 2. The number of phenolic OH excluding ortho intramolecular Hbond substituents is 1. The molecule has 0 radical (unpaired) electrons. The molecule has 170 valence electrons. The van der Waals surface area contributed by atoms with Crippen LogP contribution in [0.3, 0.4) is 0 Å². The van der Waals surface area contributed by atoms with Gasteiger partial charge in [0.1, 0.15) is 0 Å². The molecule has 0 aliphatic rings. The summed E-state index contributed by atoms with van der Waals surface area (Å²) >= 11 is 0. The van der Waals surface area contributed by atoms with E-state index in [0.29, 0.717) is 17.9 Å². The van der Waals surface area contributed by atoms with Gasteiger partial charge in [-0.2, -0.15) is 8.42 Å². The first kappa shape index (κ1) is 24.6. The van der Waals surface area contributed by atoms with Crippen molar-refractivity contribution < 1.29 is 32.5 Å². The Labute approximate surface area is 180 Å². The number of benzene rings is 2. The molecule has 0 aliphatic heterocycles. The lowest BCUT2D eigenvalue weighted by atomic mass is 10.1. The normalized spacial score (nSPS) is 13.3. The lowest BCUT2D eigenvalue weighted by molar-refractivity contribution is 0.169. The highest BCUT2D eigenvalue weighted by Gasteiger charge is 2.12. The van der Waals surface area contributed by atoms with Crippen LogP contribution < -0.4 is 10.1 Å². The fourth-order valence-electron chi connectivity index (χ4n) is 2.96. The Hall–Kier alpha value is -2.70. The zero-order chi connectivity index (χ0) is 23.0. The Balaban J connectivity index is 0.000000614. The molecular weight excluding hydrogens is 426 g/mol. The van der Waals surface area contributed by atoms with Gasteiger partial charge in [-0.25, -0.2) is 4.98 Å². The van der Waals surface area contributed by atoms with Crippen molar-refractivity contribution >= 4 is 21.4 Å². The standard InChI is InChI=1S/C20H25N3O3.H2O4S/c1-14(9-10-23-13-22-16-5-3-4-6-17(16)23)21-12-19(25)15-7-8-18(24)20(11-15)26-2;1-5(2,3)4/h3-8,11,13-14,19,21,24-25H,9-10,12H2,1-2H3;(H2,1,2,3,4). The Morgan fingerprint density at radius 2 is 1.87 bits per heavy atom. The number of rotatable bonds is 8. The lowest BCUT2D eigenvalue weighted by Crippen LogP contribution is -2.31. The maximum Gasteiger partial charge on any atom is 0.394 e. The van der Waals surface area contributed by atoms with Crippen LogP contribution in [-0.2, 0) is 16.9 Å². The maximum absolute atomic E-state index is 10.4. The number of aliphatic hydroxyl groups excluding tert-OH is 1. The Morgan fingerprint density at radius 3 is 2.55 bits per heavy atom. The van der Waals surface area contributed by atoms with E-state index in [2.05, 4.69) is 27.9 Å². The zero-order valence-corrected chi connectivity index (χ0v) is 18.0. The molecule has 2 atom stereocenters. The van der Waals surface area contributed by atoms with Crippen LogP contribution in [0.1, 0.15) is 25.0 Å². The third-order valence-electron chi connectivity index (χ3n) is 4.58. The number of phenols is 1. The number of imidazole rings is 1. The molecule has 0 amide bonds. The minimum absolute atomic E-state index is 0.0670. The van der Waals surface area contributed by atoms with Gasteiger partial charge in [0.05, 0.1) is 30.6 Å². The molecule has 1 aromatic heterocycles. The van der Waals surface area contributed by atoms with Gasteiger partial charge in [-0.05, 0) is 43.2 Å². The number of aromatic hydroxyl groups is 1. The Kier molecular flexibility index (Phi) is 8.77. The summed E-state index contributed by atoms with van der Waals surface area (Å²) in [5.41, 5.74) is 2.85. The van der Waals surface area contributed by atoms with Crippen LogP contribution in [0.25, 0.3) is 11.0 Å². The van der Waals surface area contributed by atoms with E-state index in [1.165, 1.54) is 13.2 Å². The largest absolute Gasteiger partial charge is 0.504 e. The fourth-order valence-corrected chi connectivity index (χ4v) is 2.96. The molecule has 2 unspecified atom stereocenters. The molecule has 0 aliphatic carbocycles. The number of aliphatic hydroxyl groups is 1. The summed E-state index contributed by atoms with van der Waals surface area (Å²) in [6.07, 6.45) is 2.13. The Morgan fingerprint density at radius 1 is 1.19 bits per heavy atom. The number of para-hydroxylation sites is 2. The predicted octanol–water partition coefficient (Wildman–Crippen LogP) is 2.20. The Bertz CT molecular complexity index is 1080. The molecule has 31 heavy (non-hydrogen) atoms. The van der Waals surface area contributed by atoms with Crippen LogP contribution in [-0.4, -0.2) is 57.0 Å². The number of nitrogens with one attached hydrogen (secondary N) is 1. The van der Waals surface area contributed by atoms with Gasteiger partial charge in [-0.3, -0.25) is 9.11 Å². The second-order valence-electron chi connectivity index (χ2n) is 6.92. The molecule has 0 bridgehead atoms. The van der Waals surface area contributed by atoms with Crippen LogP contribution >= 0.6 is 0 Å². The molecule has 0 spiro atoms. The van der Waals surface area contributed by atoms with Gasteiger partial charge >= 0.3 is 10.4 Å². The molecule has 0 saturated heterocycles. The summed E-state index contributed by atoms with van der Waals surface area (Å²) in [6, 6.07) is 13.2. The van der Waals surface area contributed by atoms with Gasteiger partial charge in [-0.1, -0.05) is 18.2 Å². The number of aromatic nitrogens is 2. The van der Waals surface area contributed by atoms with E-state index in [1.807, 2.05) is 24.5 Å². The molecule has 3 rings (SSSR count). The SMILES string of the molecule is COc1cc(C(O)CNC(C)CCn2cnc3ccccc32)ccc1O.O=S(=O)(O)O. The summed E-state index contributed by atoms with van der Waals surface area (Å²) in [5, 5.41) is 23.4. The van der Waals surface area contributed by atoms with E-state index < -0.39 is 16.5 Å². The van der Waals surface area contributed by atoms with Crippen LogP contribution in [0.4, 0.5) is 0 Å². The van der Waals surface area contributed by atoms with Gasteiger partial charge in [0, 0.05) is 19.1 Å². The fraction of sp³-hybridized carbons (Fsp3) is 0.350. The molecule has 3 aromatic rings. The summed E-state index contributed by atoms with van der Waals surface area (Å²) in [7, 11) is -3.18. The molecule has 2 aromatic carbocycles. The molecule has 1 heterocycles. The van der Waals surface area contributed by atoms with Gasteiger partial charge in [0.25, 0.3) is 0 Å².